The van der Waals surface area contributed by atoms with E-state index in [1.165, 1.54) is 32.3 Å². The zero-order valence-electron chi connectivity index (χ0n) is 26.7. The van der Waals surface area contributed by atoms with Crippen molar-refractivity contribution in [1.29, 1.82) is 0 Å². The summed E-state index contributed by atoms with van der Waals surface area (Å²) < 4.78 is 2.26. The van der Waals surface area contributed by atoms with Gasteiger partial charge < -0.3 is 5.73 Å². The second kappa shape index (κ2) is 11.9. The molecule has 2 N–H and O–H groups in total. The van der Waals surface area contributed by atoms with Crippen LogP contribution in [0.25, 0.3) is 59.9 Å². The van der Waals surface area contributed by atoms with E-state index >= 15 is 0 Å². The second-order valence-corrected chi connectivity index (χ2v) is 12.3. The van der Waals surface area contributed by atoms with E-state index in [4.69, 9.17) is 20.7 Å². The quantitative estimate of drug-likeness (QED) is 0.152. The summed E-state index contributed by atoms with van der Waals surface area (Å²) >= 11 is 0. The first-order chi connectivity index (χ1) is 24.2. The molecule has 0 bridgehead atoms. The molecule has 2 aromatic heterocycles. The molecule has 0 saturated carbocycles. The number of nitrogens with two attached hydrogens (primary N) is 1. The highest BCUT2D eigenvalue weighted by molar-refractivity contribution is 6.28. The molecule has 0 spiro atoms. The first-order valence-corrected chi connectivity index (χ1v) is 16.4. The Labute approximate surface area is 283 Å². The third-order valence-corrected chi connectivity index (χ3v) is 9.31. The molecule has 5 heteroatoms. The summed E-state index contributed by atoms with van der Waals surface area (Å²) in [7, 11) is 0. The molecule has 7 aromatic carbocycles. The summed E-state index contributed by atoms with van der Waals surface area (Å²) in [6.45, 7) is 0.472. The van der Waals surface area contributed by atoms with Crippen molar-refractivity contribution in [1.82, 2.24) is 9.55 Å². The van der Waals surface area contributed by atoms with Crippen molar-refractivity contribution in [3.05, 3.63) is 181 Å². The summed E-state index contributed by atoms with van der Waals surface area (Å²) in [4.78, 5) is 14.9. The molecule has 0 saturated heterocycles. The number of pyridine rings is 1. The SMILES string of the molecule is N/C(=N\C(=N/Cc1ccccc1)c1ccc(-n2c3ccc4ccccc4c3c3c4ccccc4ccc32)nc1)c1ccc2ccccc2c1. The van der Waals surface area contributed by atoms with Crippen molar-refractivity contribution >= 4 is 65.8 Å². The molecule has 9 rings (SSSR count). The Hall–Kier alpha value is -6.59. The molecule has 9 aromatic rings. The number of aliphatic imine (C=N–C) groups is 2. The summed E-state index contributed by atoms with van der Waals surface area (Å²) in [5.41, 5.74) is 11.6. The summed E-state index contributed by atoms with van der Waals surface area (Å²) in [5.74, 6) is 1.76. The smallest absolute Gasteiger partial charge is 0.158 e. The maximum Gasteiger partial charge on any atom is 0.158 e. The van der Waals surface area contributed by atoms with E-state index in [9.17, 15) is 0 Å². The molecule has 232 valence electrons. The highest BCUT2D eigenvalue weighted by Gasteiger charge is 2.18. The van der Waals surface area contributed by atoms with Crippen LogP contribution >= 0.6 is 0 Å². The van der Waals surface area contributed by atoms with Gasteiger partial charge in [0.1, 0.15) is 11.7 Å². The van der Waals surface area contributed by atoms with Gasteiger partial charge >= 0.3 is 0 Å². The van der Waals surface area contributed by atoms with Crippen molar-refractivity contribution in [2.75, 3.05) is 0 Å². The lowest BCUT2D eigenvalue weighted by atomic mass is 10.00. The highest BCUT2D eigenvalue weighted by atomic mass is 15.1. The fourth-order valence-corrected chi connectivity index (χ4v) is 6.91. The average molecular weight is 630 g/mol. The zero-order chi connectivity index (χ0) is 32.7. The lowest BCUT2D eigenvalue weighted by Gasteiger charge is -2.10. The molecule has 0 aliphatic rings. The third kappa shape index (κ3) is 5.09. The summed E-state index contributed by atoms with van der Waals surface area (Å²) in [5, 5.41) is 9.61. The van der Waals surface area contributed by atoms with Gasteiger partial charge in [-0.05, 0) is 68.2 Å². The number of hydrogen-bond acceptors (Lipinski definition) is 2. The van der Waals surface area contributed by atoms with Crippen molar-refractivity contribution in [2.24, 2.45) is 15.7 Å². The lowest BCUT2D eigenvalue weighted by Crippen LogP contribution is -2.16. The van der Waals surface area contributed by atoms with Crippen LogP contribution in [0.2, 0.25) is 0 Å². The van der Waals surface area contributed by atoms with Gasteiger partial charge in [0.15, 0.2) is 5.84 Å². The van der Waals surface area contributed by atoms with Crippen molar-refractivity contribution in [2.45, 2.75) is 6.54 Å². The number of rotatable bonds is 5. The maximum absolute atomic E-state index is 6.66. The van der Waals surface area contributed by atoms with Gasteiger partial charge in [-0.25, -0.2) is 9.98 Å². The van der Waals surface area contributed by atoms with Crippen LogP contribution in [0.4, 0.5) is 0 Å². The molecule has 0 amide bonds. The van der Waals surface area contributed by atoms with E-state index in [1.807, 2.05) is 48.7 Å². The van der Waals surface area contributed by atoms with Gasteiger partial charge in [0.05, 0.1) is 17.6 Å². The standard InChI is InChI=1S/C44H31N5/c45-43(34-19-18-30-12-4-5-15-33(30)26-34)48-44(47-27-29-10-2-1-3-11-29)35-22-25-40(46-28-35)49-38-23-20-31-13-6-8-16-36(31)41(38)42-37-17-9-7-14-32(37)21-24-39(42)49/h1-26,28H,27H2,(H2,45,47,48). The van der Waals surface area contributed by atoms with Crippen molar-refractivity contribution in [3.63, 3.8) is 0 Å². The molecule has 2 heterocycles. The first kappa shape index (κ1) is 28.6. The zero-order valence-corrected chi connectivity index (χ0v) is 26.7. The molecular weight excluding hydrogens is 599 g/mol. The monoisotopic (exact) mass is 629 g/mol. The molecule has 5 nitrogen and oxygen atoms in total. The molecule has 0 fully saturated rings. The number of nitrogens with zero attached hydrogens (tertiary/aromatic N) is 4. The molecule has 0 unspecified atom stereocenters. The van der Waals surface area contributed by atoms with E-state index in [2.05, 4.69) is 120 Å². The molecule has 0 radical (unpaired) electrons. The van der Waals surface area contributed by atoms with E-state index in [-0.39, 0.29) is 0 Å². The van der Waals surface area contributed by atoms with Crippen LogP contribution in [0, 0.1) is 0 Å². The van der Waals surface area contributed by atoms with Gasteiger partial charge in [0, 0.05) is 28.1 Å². The van der Waals surface area contributed by atoms with Gasteiger partial charge in [-0.3, -0.25) is 9.56 Å². The number of fused-ring (bicyclic) bond motifs is 8. The van der Waals surface area contributed by atoms with Crippen LogP contribution in [0.1, 0.15) is 16.7 Å². The fourth-order valence-electron chi connectivity index (χ4n) is 6.91. The molecule has 49 heavy (non-hydrogen) atoms. The molecular formula is C44H31N5. The Morgan fingerprint density at radius 3 is 1.78 bits per heavy atom. The van der Waals surface area contributed by atoms with Gasteiger partial charge in [-0.2, -0.15) is 0 Å². The Balaban J connectivity index is 1.19. The van der Waals surface area contributed by atoms with Gasteiger partial charge in [0.25, 0.3) is 0 Å². The Kier molecular flexibility index (Phi) is 6.95. The minimum absolute atomic E-state index is 0.405. The Morgan fingerprint density at radius 2 is 1.12 bits per heavy atom. The Morgan fingerprint density at radius 1 is 0.551 bits per heavy atom. The highest BCUT2D eigenvalue weighted by Crippen LogP contribution is 2.40. The fraction of sp³-hybridized carbons (Fsp3) is 0.0227. The number of benzene rings is 7. The van der Waals surface area contributed by atoms with Crippen LogP contribution in [0.15, 0.2) is 174 Å². The van der Waals surface area contributed by atoms with Crippen LogP contribution in [0.5, 0.6) is 0 Å². The molecule has 0 aliphatic heterocycles. The predicted molar refractivity (Wildman–Crippen MR) is 205 cm³/mol. The van der Waals surface area contributed by atoms with E-state index in [0.29, 0.717) is 18.2 Å². The summed E-state index contributed by atoms with van der Waals surface area (Å²) in [6.07, 6.45) is 1.86. The van der Waals surface area contributed by atoms with Crippen LogP contribution < -0.4 is 5.73 Å². The molecule has 0 aliphatic carbocycles. The Bertz CT molecular complexity index is 2650. The number of amidine groups is 2. The van der Waals surface area contributed by atoms with Crippen molar-refractivity contribution in [3.8, 4) is 5.82 Å². The minimum Gasteiger partial charge on any atom is -0.383 e. The second-order valence-electron chi connectivity index (χ2n) is 12.3. The van der Waals surface area contributed by atoms with Crippen LogP contribution in [-0.2, 0) is 6.54 Å². The van der Waals surface area contributed by atoms with E-state index < -0.39 is 0 Å². The normalized spacial score (nSPS) is 12.5. The minimum atomic E-state index is 0.405. The van der Waals surface area contributed by atoms with Gasteiger partial charge in [-0.15, -0.1) is 0 Å². The van der Waals surface area contributed by atoms with E-state index in [0.717, 1.165) is 44.3 Å². The third-order valence-electron chi connectivity index (χ3n) is 9.31. The molecule has 0 atom stereocenters. The topological polar surface area (TPSA) is 68.6 Å². The number of aromatic nitrogens is 2. The van der Waals surface area contributed by atoms with Crippen LogP contribution in [-0.4, -0.2) is 21.2 Å². The largest absolute Gasteiger partial charge is 0.383 e. The van der Waals surface area contributed by atoms with Gasteiger partial charge in [-0.1, -0.05) is 127 Å². The average Bonchev–Trinajstić information content (AvgIpc) is 3.52. The summed E-state index contributed by atoms with van der Waals surface area (Å²) in [6, 6.07) is 54.7. The number of hydrogen-bond donors (Lipinski definition) is 1. The van der Waals surface area contributed by atoms with Crippen LogP contribution in [0.3, 0.4) is 0 Å². The van der Waals surface area contributed by atoms with E-state index in [1.54, 1.807) is 0 Å². The van der Waals surface area contributed by atoms with Crippen molar-refractivity contribution < 1.29 is 0 Å². The maximum atomic E-state index is 6.66. The lowest BCUT2D eigenvalue weighted by molar-refractivity contribution is 1.05. The predicted octanol–water partition coefficient (Wildman–Crippen LogP) is 9.99. The van der Waals surface area contributed by atoms with Gasteiger partial charge in [0.2, 0.25) is 0 Å². The first-order valence-electron chi connectivity index (χ1n) is 16.4.